The van der Waals surface area contributed by atoms with Crippen LogP contribution in [0.1, 0.15) is 37.1 Å². The second-order valence-electron chi connectivity index (χ2n) is 7.52. The summed E-state index contributed by atoms with van der Waals surface area (Å²) in [5.41, 5.74) is 4.78. The van der Waals surface area contributed by atoms with Gasteiger partial charge in [0.15, 0.2) is 4.96 Å². The molecule has 1 N–H and O–H groups in total. The number of aromatic nitrogens is 2. The fourth-order valence-corrected chi connectivity index (χ4v) is 6.55. The first-order valence-electron chi connectivity index (χ1n) is 10.2. The number of aryl methyl sites for hydroxylation is 1. The monoisotopic (exact) mass is 443 g/mol. The highest BCUT2D eigenvalue weighted by molar-refractivity contribution is 7.55. The molecule has 2 heterocycles. The third-order valence-corrected chi connectivity index (χ3v) is 8.32. The Morgan fingerprint density at radius 1 is 1.27 bits per heavy atom. The van der Waals surface area contributed by atoms with E-state index in [1.165, 1.54) is 11.3 Å². The molecule has 0 bridgehead atoms. The molecular formula is C23H27FN3OPS. The third-order valence-electron chi connectivity index (χ3n) is 5.50. The van der Waals surface area contributed by atoms with Crippen LogP contribution in [0.4, 0.5) is 4.39 Å². The van der Waals surface area contributed by atoms with Crippen molar-refractivity contribution in [1.82, 2.24) is 14.5 Å². The lowest BCUT2D eigenvalue weighted by Crippen LogP contribution is -2.18. The largest absolute Gasteiger partial charge is 0.500 e. The molecule has 0 aromatic carbocycles. The van der Waals surface area contributed by atoms with Gasteiger partial charge in [-0.25, -0.2) is 9.37 Å². The van der Waals surface area contributed by atoms with Crippen LogP contribution >= 0.6 is 19.4 Å². The number of thiazole rings is 1. The van der Waals surface area contributed by atoms with Gasteiger partial charge in [-0.15, -0.1) is 11.3 Å². The van der Waals surface area contributed by atoms with Crippen LogP contribution in [0.25, 0.3) is 10.5 Å². The predicted molar refractivity (Wildman–Crippen MR) is 126 cm³/mol. The van der Waals surface area contributed by atoms with Gasteiger partial charge in [0, 0.05) is 23.7 Å². The maximum atomic E-state index is 13.7. The van der Waals surface area contributed by atoms with Crippen LogP contribution in [-0.4, -0.2) is 28.8 Å². The summed E-state index contributed by atoms with van der Waals surface area (Å²) in [7, 11) is 1.15. The number of allylic oxidation sites excluding steroid dienone is 9. The van der Waals surface area contributed by atoms with E-state index in [0.717, 1.165) is 41.4 Å². The van der Waals surface area contributed by atoms with Gasteiger partial charge in [-0.1, -0.05) is 12.2 Å². The number of rotatable bonds is 5. The van der Waals surface area contributed by atoms with Crippen molar-refractivity contribution in [2.45, 2.75) is 38.3 Å². The molecular weight excluding hydrogens is 416 g/mol. The van der Waals surface area contributed by atoms with E-state index < -0.39 is 8.07 Å². The predicted octanol–water partition coefficient (Wildman–Crippen LogP) is 6.48. The van der Waals surface area contributed by atoms with Gasteiger partial charge < -0.3 is 9.82 Å². The SMILES string of the molecule is COC1=CC=C(c2c(C)nc3sccn23)CCC1P(C)NC1=C/C=C(/F)CCC=C1. The number of nitrogens with zero attached hydrogens (tertiary/aromatic N) is 2. The standard InChI is InChI=1S/C23H27FN3OPS/c1-16-22(27-14-15-30-23(27)25-16)17-8-12-20(28-2)21(13-9-17)29(3)26-19-7-5-4-6-18(24)10-11-19/h5,7-8,10-12,14-15,21,26H,4,6,9,13H2,1-3H3/b7-5?,18-10+,19-11?. The first kappa shape index (κ1) is 21.1. The molecule has 2 atom stereocenters. The van der Waals surface area contributed by atoms with Crippen molar-refractivity contribution in [3.05, 3.63) is 76.7 Å². The minimum absolute atomic E-state index is 0.0733. The lowest BCUT2D eigenvalue weighted by molar-refractivity contribution is 0.278. The number of nitrogens with one attached hydrogen (secondary N) is 1. The van der Waals surface area contributed by atoms with Crippen molar-refractivity contribution < 1.29 is 9.13 Å². The van der Waals surface area contributed by atoms with Crippen LogP contribution in [0.5, 0.6) is 0 Å². The lowest BCUT2D eigenvalue weighted by Gasteiger charge is -2.27. The van der Waals surface area contributed by atoms with Gasteiger partial charge in [0.25, 0.3) is 0 Å². The molecule has 0 aliphatic heterocycles. The van der Waals surface area contributed by atoms with Gasteiger partial charge in [0.2, 0.25) is 0 Å². The fourth-order valence-electron chi connectivity index (χ4n) is 3.99. The number of ether oxygens (including phenoxy) is 1. The van der Waals surface area contributed by atoms with E-state index in [1.807, 2.05) is 12.2 Å². The summed E-state index contributed by atoms with van der Waals surface area (Å²) in [6.07, 6.45) is 17.0. The van der Waals surface area contributed by atoms with Gasteiger partial charge in [-0.3, -0.25) is 4.40 Å². The van der Waals surface area contributed by atoms with Crippen molar-refractivity contribution >= 4 is 29.9 Å². The van der Waals surface area contributed by atoms with Crippen molar-refractivity contribution in [2.24, 2.45) is 0 Å². The zero-order valence-electron chi connectivity index (χ0n) is 17.6. The van der Waals surface area contributed by atoms with Crippen LogP contribution in [0.3, 0.4) is 0 Å². The van der Waals surface area contributed by atoms with Crippen LogP contribution in [0, 0.1) is 6.92 Å². The molecule has 0 saturated heterocycles. The molecule has 7 heteroatoms. The second-order valence-corrected chi connectivity index (χ2v) is 10.5. The lowest BCUT2D eigenvalue weighted by atomic mass is 10.1. The van der Waals surface area contributed by atoms with Crippen LogP contribution in [0.15, 0.2) is 65.3 Å². The summed E-state index contributed by atoms with van der Waals surface area (Å²) in [6.45, 7) is 4.31. The number of methoxy groups -OCH3 is 1. The van der Waals surface area contributed by atoms with Gasteiger partial charge >= 0.3 is 0 Å². The Hall–Kier alpha value is -2.17. The second kappa shape index (κ2) is 9.32. The highest BCUT2D eigenvalue weighted by atomic mass is 32.1. The minimum Gasteiger partial charge on any atom is -0.500 e. The Bertz CT molecular complexity index is 1080. The average molecular weight is 444 g/mol. The molecule has 2 aliphatic rings. The fraction of sp³-hybridized carbons (Fsp3) is 0.348. The normalized spacial score (nSPS) is 22.7. The number of hydrogen-bond donors (Lipinski definition) is 1. The Morgan fingerprint density at radius 2 is 2.13 bits per heavy atom. The van der Waals surface area contributed by atoms with E-state index in [-0.39, 0.29) is 11.5 Å². The molecule has 2 aromatic rings. The number of halogens is 1. The molecule has 0 amide bonds. The zero-order chi connectivity index (χ0) is 21.1. The Balaban J connectivity index is 1.54. The summed E-state index contributed by atoms with van der Waals surface area (Å²) in [5.74, 6) is 0.919. The molecule has 0 radical (unpaired) electrons. The van der Waals surface area contributed by atoms with E-state index >= 15 is 0 Å². The zero-order valence-corrected chi connectivity index (χ0v) is 19.3. The van der Waals surface area contributed by atoms with Crippen molar-refractivity contribution in [3.8, 4) is 0 Å². The first-order chi connectivity index (χ1) is 14.6. The topological polar surface area (TPSA) is 38.6 Å². The van der Waals surface area contributed by atoms with E-state index in [1.54, 1.807) is 24.5 Å². The highest BCUT2D eigenvalue weighted by Gasteiger charge is 2.26. The van der Waals surface area contributed by atoms with E-state index in [0.29, 0.717) is 6.42 Å². The summed E-state index contributed by atoms with van der Waals surface area (Å²) in [5, 5.41) is 5.70. The summed E-state index contributed by atoms with van der Waals surface area (Å²) >= 11 is 1.66. The Labute approximate surface area is 182 Å². The summed E-state index contributed by atoms with van der Waals surface area (Å²) < 4.78 is 21.6. The van der Waals surface area contributed by atoms with E-state index in [9.17, 15) is 4.39 Å². The quantitative estimate of drug-likeness (QED) is 0.537. The van der Waals surface area contributed by atoms with Gasteiger partial charge in [-0.2, -0.15) is 0 Å². The maximum Gasteiger partial charge on any atom is 0.194 e. The minimum atomic E-state index is -0.596. The molecule has 0 saturated carbocycles. The Morgan fingerprint density at radius 3 is 2.97 bits per heavy atom. The summed E-state index contributed by atoms with van der Waals surface area (Å²) in [4.78, 5) is 5.73. The van der Waals surface area contributed by atoms with Crippen molar-refractivity contribution in [1.29, 1.82) is 0 Å². The van der Waals surface area contributed by atoms with Gasteiger partial charge in [0.05, 0.1) is 24.2 Å². The molecule has 2 unspecified atom stereocenters. The molecule has 30 heavy (non-hydrogen) atoms. The molecule has 0 spiro atoms. The number of imidazole rings is 1. The molecule has 4 rings (SSSR count). The highest BCUT2D eigenvalue weighted by Crippen LogP contribution is 2.44. The van der Waals surface area contributed by atoms with Gasteiger partial charge in [0.1, 0.15) is 11.6 Å². The Kier molecular flexibility index (Phi) is 6.55. The molecule has 158 valence electrons. The smallest absolute Gasteiger partial charge is 0.194 e. The molecule has 2 aromatic heterocycles. The van der Waals surface area contributed by atoms with Crippen LogP contribution in [0.2, 0.25) is 0 Å². The van der Waals surface area contributed by atoms with Gasteiger partial charge in [-0.05, 0) is 70.8 Å². The third kappa shape index (κ3) is 4.45. The van der Waals surface area contributed by atoms with E-state index in [2.05, 4.69) is 52.9 Å². The maximum absolute atomic E-state index is 13.7. The first-order valence-corrected chi connectivity index (χ1v) is 12.9. The molecule has 4 nitrogen and oxygen atoms in total. The molecule has 0 fully saturated rings. The van der Waals surface area contributed by atoms with Crippen molar-refractivity contribution in [2.75, 3.05) is 13.8 Å². The van der Waals surface area contributed by atoms with Crippen LogP contribution < -0.4 is 5.09 Å². The van der Waals surface area contributed by atoms with Crippen LogP contribution in [-0.2, 0) is 4.74 Å². The summed E-state index contributed by atoms with van der Waals surface area (Å²) in [6, 6.07) is 0. The molecule has 2 aliphatic carbocycles. The number of fused-ring (bicyclic) bond motifs is 1. The van der Waals surface area contributed by atoms with E-state index in [4.69, 9.17) is 9.72 Å². The van der Waals surface area contributed by atoms with Crippen molar-refractivity contribution in [3.63, 3.8) is 0 Å². The number of hydrogen-bond acceptors (Lipinski definition) is 4. The average Bonchev–Trinajstić information content (AvgIpc) is 3.20.